The number of hydrogen-bond acceptors (Lipinski definition) is 15. The van der Waals surface area contributed by atoms with E-state index in [0.29, 0.717) is 11.1 Å². The topological polar surface area (TPSA) is 262 Å². The van der Waals surface area contributed by atoms with Gasteiger partial charge in [0.15, 0.2) is 5.13 Å². The molecule has 1 saturated heterocycles. The van der Waals surface area contributed by atoms with Gasteiger partial charge in [-0.2, -0.15) is 0 Å². The molecule has 2 atom stereocenters. The SMILES string of the molecule is CO[P+]([O-])(/C=C(/C(=O)N[C@@H]1C(=O)N2C(C(=O)O)=C(CSc3nc(N)c(C)c(N)[n+]3N)CS[C@H]12)c1csc(N)n1)OC. The Kier molecular flexibility index (Phi) is 8.98. The molecule has 41 heavy (non-hydrogen) atoms. The summed E-state index contributed by atoms with van der Waals surface area (Å²) in [5, 5.41) is 13.8. The second kappa shape index (κ2) is 12.0. The zero-order chi connectivity index (χ0) is 30.2. The number of carboxylic acids is 1. The lowest BCUT2D eigenvalue weighted by Gasteiger charge is -2.49. The Balaban J connectivity index is 1.55. The maximum Gasteiger partial charge on any atom is 0.352 e. The average Bonchev–Trinajstić information content (AvgIpc) is 3.39. The number of amides is 2. The van der Waals surface area contributed by atoms with E-state index in [4.69, 9.17) is 32.1 Å². The van der Waals surface area contributed by atoms with Crippen LogP contribution in [0.3, 0.4) is 0 Å². The third kappa shape index (κ3) is 5.92. The molecule has 4 heterocycles. The van der Waals surface area contributed by atoms with E-state index < -0.39 is 37.1 Å². The molecule has 0 radical (unpaired) electrons. The van der Waals surface area contributed by atoms with E-state index in [1.165, 1.54) is 17.1 Å². The van der Waals surface area contributed by atoms with Gasteiger partial charge in [0.2, 0.25) is 11.6 Å². The smallest absolute Gasteiger partial charge is 0.352 e. The number of nitrogens with one attached hydrogen (secondary N) is 1. The number of nitrogens with two attached hydrogens (primary N) is 4. The van der Waals surface area contributed by atoms with Gasteiger partial charge in [-0.15, -0.1) is 27.8 Å². The average molecular weight is 645 g/mol. The molecule has 1 fully saturated rings. The molecule has 2 amide bonds. The van der Waals surface area contributed by atoms with Crippen LogP contribution in [0.25, 0.3) is 5.57 Å². The molecule has 220 valence electrons. The third-order valence-corrected chi connectivity index (χ3v) is 10.8. The van der Waals surface area contributed by atoms with E-state index in [1.807, 2.05) is 0 Å². The zero-order valence-corrected chi connectivity index (χ0v) is 25.2. The Labute approximate surface area is 246 Å². The number of rotatable bonds is 10. The zero-order valence-electron chi connectivity index (χ0n) is 21.9. The molecule has 2 aliphatic heterocycles. The standard InChI is InChI=1S/C21H26N9O7PS3/c1-8-14(22)28-21(30(25)15(8)23)41-6-9-5-39-18-12(17(32)29(18)13(9)19(33)34)27-16(31)10(4-38(35,36-2)37-3)11-7-40-20(24)26-11/h4,7,12,18H,5-6,25H2,1-3H3,(H7,22,23,24,26,27,31,33,34)/p+1/b10-4+/t12-,18-/m1/s1. The maximum absolute atomic E-state index is 13.3. The summed E-state index contributed by atoms with van der Waals surface area (Å²) in [6.07, 6.45) is 0. The van der Waals surface area contributed by atoms with E-state index in [0.717, 1.165) is 52.7 Å². The predicted octanol–water partition coefficient (Wildman–Crippen LogP) is -1.12. The van der Waals surface area contributed by atoms with Crippen molar-refractivity contribution in [2.24, 2.45) is 0 Å². The van der Waals surface area contributed by atoms with Gasteiger partial charge in [-0.05, 0) is 24.3 Å². The minimum absolute atomic E-state index is 0.104. The van der Waals surface area contributed by atoms with Gasteiger partial charge in [-0.3, -0.25) is 20.3 Å². The van der Waals surface area contributed by atoms with Crippen LogP contribution in [-0.4, -0.2) is 74.9 Å². The van der Waals surface area contributed by atoms with Gasteiger partial charge < -0.3 is 32.5 Å². The highest BCUT2D eigenvalue weighted by molar-refractivity contribution is 8.01. The number of anilines is 3. The number of nitrogens with zero attached hydrogens (tertiary/aromatic N) is 4. The number of thiazole rings is 1. The minimum Gasteiger partial charge on any atom is -0.628 e. The second-order valence-electron chi connectivity index (χ2n) is 8.59. The number of fused-ring (bicyclic) bond motifs is 1. The van der Waals surface area contributed by atoms with Gasteiger partial charge in [-0.1, -0.05) is 4.98 Å². The first-order valence-corrected chi connectivity index (χ1v) is 16.1. The summed E-state index contributed by atoms with van der Waals surface area (Å²) in [5.74, 6) is 5.03. The molecule has 0 saturated carbocycles. The molecule has 4 rings (SSSR count). The molecule has 0 aliphatic carbocycles. The largest absolute Gasteiger partial charge is 0.628 e. The fourth-order valence-electron chi connectivity index (χ4n) is 3.91. The third-order valence-electron chi connectivity index (χ3n) is 6.20. The first-order chi connectivity index (χ1) is 19.3. The molecule has 16 nitrogen and oxygen atoms in total. The van der Waals surface area contributed by atoms with E-state index in [-0.39, 0.29) is 50.4 Å². The fourth-order valence-corrected chi connectivity index (χ4v) is 7.82. The van der Waals surface area contributed by atoms with Crippen LogP contribution in [0.2, 0.25) is 0 Å². The normalized spacial score (nSPS) is 19.2. The lowest BCUT2D eigenvalue weighted by Crippen LogP contribution is -2.70. The molecule has 0 spiro atoms. The van der Waals surface area contributed by atoms with Gasteiger partial charge in [0.1, 0.15) is 28.5 Å². The van der Waals surface area contributed by atoms with E-state index in [9.17, 15) is 24.4 Å². The highest BCUT2D eigenvalue weighted by atomic mass is 32.2. The number of aromatic nitrogens is 3. The van der Waals surface area contributed by atoms with Crippen molar-refractivity contribution in [2.75, 3.05) is 48.8 Å². The number of carbonyl (C=O) groups is 3. The van der Waals surface area contributed by atoms with Crippen LogP contribution in [0, 0.1) is 6.92 Å². The minimum atomic E-state index is -3.82. The number of hydrogen-bond donors (Lipinski definition) is 6. The molecule has 0 bridgehead atoms. The van der Waals surface area contributed by atoms with E-state index in [2.05, 4.69) is 15.3 Å². The Hall–Kier alpha value is -3.19. The number of β-lactam (4-membered cyclic amide) rings is 1. The highest BCUT2D eigenvalue weighted by Crippen LogP contribution is 2.54. The van der Waals surface area contributed by atoms with Gasteiger partial charge in [0.25, 0.3) is 19.8 Å². The molecule has 10 N–H and O–H groups in total. The lowest BCUT2D eigenvalue weighted by molar-refractivity contribution is -0.667. The first kappa shape index (κ1) is 30.8. The van der Waals surface area contributed by atoms with Crippen LogP contribution in [0.5, 0.6) is 0 Å². The summed E-state index contributed by atoms with van der Waals surface area (Å²) in [5.41, 5.74) is 18.3. The Morgan fingerprint density at radius 2 is 2.02 bits per heavy atom. The molecule has 2 aromatic heterocycles. The number of carboxylic acid groups (broad SMARTS) is 1. The number of nitrogen functional groups attached to an aromatic ring is 4. The van der Waals surface area contributed by atoms with E-state index in [1.54, 1.807) is 6.92 Å². The molecule has 20 heteroatoms. The fraction of sp³-hybridized carbons (Fsp3) is 0.333. The van der Waals surface area contributed by atoms with Crippen LogP contribution >= 0.6 is 42.8 Å². The van der Waals surface area contributed by atoms with Crippen molar-refractivity contribution in [3.8, 4) is 0 Å². The van der Waals surface area contributed by atoms with Crippen molar-refractivity contribution in [3.63, 3.8) is 0 Å². The van der Waals surface area contributed by atoms with Crippen molar-refractivity contribution in [1.82, 2.24) is 20.2 Å². The molecule has 0 aromatic carbocycles. The Morgan fingerprint density at radius 3 is 2.61 bits per heavy atom. The van der Waals surface area contributed by atoms with Crippen LogP contribution in [0.4, 0.5) is 16.8 Å². The second-order valence-corrected chi connectivity index (χ2v) is 13.6. The molecular formula is C21H27N9O7PS3+. The summed E-state index contributed by atoms with van der Waals surface area (Å²) in [6, 6.07) is -1.07. The number of thioether (sulfide) groups is 2. The quantitative estimate of drug-likeness (QED) is 0.0340. The monoisotopic (exact) mass is 644 g/mol. The van der Waals surface area contributed by atoms with Gasteiger partial charge in [0, 0.05) is 16.9 Å². The number of carbonyl (C=O) groups excluding carboxylic acids is 2. The molecular weight excluding hydrogens is 617 g/mol. The van der Waals surface area contributed by atoms with E-state index >= 15 is 0 Å². The molecule has 2 aliphatic rings. The van der Waals surface area contributed by atoms with Crippen molar-refractivity contribution in [3.05, 3.63) is 33.7 Å². The Morgan fingerprint density at radius 1 is 1.34 bits per heavy atom. The van der Waals surface area contributed by atoms with Crippen molar-refractivity contribution in [1.29, 1.82) is 0 Å². The Bertz CT molecular complexity index is 1480. The predicted molar refractivity (Wildman–Crippen MR) is 154 cm³/mol. The van der Waals surface area contributed by atoms with Crippen LogP contribution in [0.15, 0.2) is 27.6 Å². The summed E-state index contributed by atoms with van der Waals surface area (Å²) >= 11 is 3.44. The molecule has 0 unspecified atom stereocenters. The summed E-state index contributed by atoms with van der Waals surface area (Å²) < 4.78 is 11.0. The van der Waals surface area contributed by atoms with Gasteiger partial charge in [0.05, 0.1) is 25.5 Å². The van der Waals surface area contributed by atoms with Crippen LogP contribution < -0.4 is 37.9 Å². The van der Waals surface area contributed by atoms with Gasteiger partial charge >= 0.3 is 11.1 Å². The molecule has 2 aromatic rings. The highest BCUT2D eigenvalue weighted by Gasteiger charge is 2.54. The summed E-state index contributed by atoms with van der Waals surface area (Å²) in [6.45, 7) is 1.67. The van der Waals surface area contributed by atoms with Crippen LogP contribution in [-0.2, 0) is 23.4 Å². The maximum atomic E-state index is 13.3. The van der Waals surface area contributed by atoms with Crippen molar-refractivity contribution < 1.29 is 38.1 Å². The van der Waals surface area contributed by atoms with Crippen LogP contribution in [0.1, 0.15) is 11.3 Å². The van der Waals surface area contributed by atoms with Crippen molar-refractivity contribution in [2.45, 2.75) is 23.5 Å². The van der Waals surface area contributed by atoms with Crippen molar-refractivity contribution >= 4 is 82.9 Å². The lowest BCUT2D eigenvalue weighted by atomic mass is 10.0. The van der Waals surface area contributed by atoms with Gasteiger partial charge in [-0.25, -0.2) is 18.8 Å². The summed E-state index contributed by atoms with van der Waals surface area (Å²) in [4.78, 5) is 60.9. The number of aliphatic carboxylic acids is 1. The first-order valence-electron chi connectivity index (χ1n) is 11.5. The summed E-state index contributed by atoms with van der Waals surface area (Å²) in [7, 11) is -1.52.